The van der Waals surface area contributed by atoms with E-state index in [0.29, 0.717) is 6.34 Å². The van der Waals surface area contributed by atoms with Crippen molar-refractivity contribution in [2.45, 2.75) is 24.1 Å². The number of aliphatic imine (C=N–C) groups is 1. The number of aromatic nitrogens is 2. The molecule has 2 aromatic rings. The summed E-state index contributed by atoms with van der Waals surface area (Å²) in [6.07, 6.45) is -17.1. The fraction of sp³-hybridized carbons (Fsp3) is 0.353. The van der Waals surface area contributed by atoms with Gasteiger partial charge in [-0.2, -0.15) is 49.9 Å². The summed E-state index contributed by atoms with van der Waals surface area (Å²) in [6.45, 7) is 0. The number of benzene rings is 1. The van der Waals surface area contributed by atoms with Crippen LogP contribution in [0.5, 0.6) is 0 Å². The van der Waals surface area contributed by atoms with Gasteiger partial charge < -0.3 is 10.0 Å². The van der Waals surface area contributed by atoms with E-state index in [9.17, 15) is 49.9 Å². The molecule has 0 saturated heterocycles. The number of alkyl halides is 9. The first kappa shape index (κ1) is 27.5. The second kappa shape index (κ2) is 8.82. The molecular formula is C17H10Cl2F9N5O. The van der Waals surface area contributed by atoms with Crippen LogP contribution in [0.25, 0.3) is 5.69 Å². The molecule has 186 valence electrons. The van der Waals surface area contributed by atoms with E-state index in [1.54, 1.807) is 0 Å². The predicted molar refractivity (Wildman–Crippen MR) is 101 cm³/mol. The van der Waals surface area contributed by atoms with Crippen molar-refractivity contribution in [2.24, 2.45) is 4.99 Å². The minimum atomic E-state index is -6.43. The number of nitrogens with zero attached hydrogens (tertiary/aromatic N) is 5. The molecule has 0 aliphatic carbocycles. The van der Waals surface area contributed by atoms with Crippen LogP contribution in [0.3, 0.4) is 0 Å². The standard InChI is InChI=1S/C17H10Cl2F9N5O/c1-32(2)6-30-13-11(14(34,16(23,24)25)17(26,27)28)10(5-29)31-33(13)12-8(18)3-7(4-9(12)19)15(20,21)22/h3-4,6,34H,1-2H3. The molecule has 0 unspecified atom stereocenters. The first-order valence-corrected chi connectivity index (χ1v) is 9.19. The van der Waals surface area contributed by atoms with Crippen molar-refractivity contribution >= 4 is 35.4 Å². The Bertz CT molecular complexity index is 1120. The Hall–Kier alpha value is -2.70. The molecule has 1 aromatic heterocycles. The van der Waals surface area contributed by atoms with Gasteiger partial charge >= 0.3 is 18.5 Å². The molecule has 0 amide bonds. The highest BCUT2D eigenvalue weighted by Crippen LogP contribution is 2.54. The number of nitriles is 1. The second-order valence-corrected chi connectivity index (χ2v) is 7.59. The van der Waals surface area contributed by atoms with Crippen LogP contribution in [0.1, 0.15) is 16.8 Å². The molecule has 0 fully saturated rings. The average Bonchev–Trinajstić information content (AvgIpc) is 3.00. The van der Waals surface area contributed by atoms with E-state index in [4.69, 9.17) is 23.2 Å². The van der Waals surface area contributed by atoms with Crippen LogP contribution in [0.15, 0.2) is 17.1 Å². The molecule has 1 heterocycles. The fourth-order valence-corrected chi connectivity index (χ4v) is 3.29. The summed E-state index contributed by atoms with van der Waals surface area (Å²) in [5, 5.41) is 20.6. The molecule has 0 bridgehead atoms. The molecule has 0 saturated carbocycles. The first-order chi connectivity index (χ1) is 15.3. The number of halogens is 11. The van der Waals surface area contributed by atoms with Crippen LogP contribution in [0.4, 0.5) is 45.3 Å². The molecule has 1 N–H and O–H groups in total. The first-order valence-electron chi connectivity index (χ1n) is 8.44. The van der Waals surface area contributed by atoms with Crippen LogP contribution in [-0.2, 0) is 11.8 Å². The number of hydrogen-bond donors (Lipinski definition) is 1. The molecule has 0 aliphatic heterocycles. The Morgan fingerprint density at radius 1 is 1.03 bits per heavy atom. The SMILES string of the molecule is CN(C)C=Nc1c(C(O)(C(F)(F)F)C(F)(F)F)c(C#N)nn1-c1c(Cl)cc(C(F)(F)F)cc1Cl. The zero-order valence-electron chi connectivity index (χ0n) is 16.6. The minimum absolute atomic E-state index is 0.112. The monoisotopic (exact) mass is 541 g/mol. The van der Waals surface area contributed by atoms with E-state index in [1.165, 1.54) is 14.1 Å². The van der Waals surface area contributed by atoms with E-state index in [2.05, 4.69) is 10.1 Å². The number of aliphatic hydroxyl groups is 1. The average molecular weight is 542 g/mol. The molecule has 2 rings (SSSR count). The van der Waals surface area contributed by atoms with Gasteiger partial charge in [-0.15, -0.1) is 0 Å². The van der Waals surface area contributed by atoms with E-state index in [1.807, 2.05) is 0 Å². The van der Waals surface area contributed by atoms with Gasteiger partial charge in [-0.25, -0.2) is 9.67 Å². The zero-order valence-corrected chi connectivity index (χ0v) is 18.1. The molecule has 17 heteroatoms. The lowest BCUT2D eigenvalue weighted by atomic mass is 9.91. The molecule has 1 aromatic carbocycles. The molecular weight excluding hydrogens is 532 g/mol. The van der Waals surface area contributed by atoms with Crippen molar-refractivity contribution in [1.82, 2.24) is 14.7 Å². The van der Waals surface area contributed by atoms with E-state index < -0.39 is 62.5 Å². The van der Waals surface area contributed by atoms with Crippen LogP contribution >= 0.6 is 23.2 Å². The normalized spacial score (nSPS) is 13.4. The lowest BCUT2D eigenvalue weighted by molar-refractivity contribution is -0.376. The van der Waals surface area contributed by atoms with Crippen LogP contribution in [-0.4, -0.2) is 52.6 Å². The summed E-state index contributed by atoms with van der Waals surface area (Å²) in [5.74, 6) is -1.41. The van der Waals surface area contributed by atoms with Gasteiger partial charge in [0, 0.05) is 14.1 Å². The summed E-state index contributed by atoms with van der Waals surface area (Å²) in [4.78, 5) is 4.51. The van der Waals surface area contributed by atoms with Gasteiger partial charge in [0.05, 0.1) is 27.5 Å². The van der Waals surface area contributed by atoms with Crippen molar-refractivity contribution in [1.29, 1.82) is 5.26 Å². The Labute approximate surface area is 194 Å². The number of hydrogen-bond acceptors (Lipinski definition) is 4. The van der Waals surface area contributed by atoms with Gasteiger partial charge in [-0.05, 0) is 12.1 Å². The second-order valence-electron chi connectivity index (χ2n) is 6.77. The molecule has 0 radical (unpaired) electrons. The Morgan fingerprint density at radius 2 is 1.50 bits per heavy atom. The summed E-state index contributed by atoms with van der Waals surface area (Å²) in [7, 11) is 2.54. The minimum Gasteiger partial charge on any atom is -0.369 e. The van der Waals surface area contributed by atoms with Gasteiger partial charge in [0.2, 0.25) is 0 Å². The molecule has 0 spiro atoms. The highest BCUT2D eigenvalue weighted by molar-refractivity contribution is 6.38. The van der Waals surface area contributed by atoms with Crippen LogP contribution < -0.4 is 0 Å². The quantitative estimate of drug-likeness (QED) is 0.310. The Morgan fingerprint density at radius 3 is 1.85 bits per heavy atom. The van der Waals surface area contributed by atoms with E-state index >= 15 is 0 Å². The van der Waals surface area contributed by atoms with Gasteiger partial charge in [0.25, 0.3) is 5.60 Å². The molecule has 0 atom stereocenters. The maximum atomic E-state index is 13.6. The third kappa shape index (κ3) is 4.75. The topological polar surface area (TPSA) is 77.4 Å². The van der Waals surface area contributed by atoms with Crippen molar-refractivity contribution in [3.05, 3.63) is 39.0 Å². The maximum absolute atomic E-state index is 13.6. The summed E-state index contributed by atoms with van der Waals surface area (Å²) in [5.41, 5.74) is -11.6. The largest absolute Gasteiger partial charge is 0.430 e. The van der Waals surface area contributed by atoms with Gasteiger partial charge in [0.15, 0.2) is 11.5 Å². The van der Waals surface area contributed by atoms with E-state index in [-0.39, 0.29) is 16.8 Å². The lowest BCUT2D eigenvalue weighted by Gasteiger charge is -2.32. The summed E-state index contributed by atoms with van der Waals surface area (Å²) < 4.78 is 121. The predicted octanol–water partition coefficient (Wildman–Crippen LogP) is 5.60. The summed E-state index contributed by atoms with van der Waals surface area (Å²) >= 11 is 11.6. The lowest BCUT2D eigenvalue weighted by Crippen LogP contribution is -2.54. The molecule has 0 aliphatic rings. The molecule has 34 heavy (non-hydrogen) atoms. The summed E-state index contributed by atoms with van der Waals surface area (Å²) in [6, 6.07) is 1.57. The highest BCUT2D eigenvalue weighted by atomic mass is 35.5. The zero-order chi connectivity index (χ0) is 26.4. The fourth-order valence-electron chi connectivity index (χ4n) is 2.64. The maximum Gasteiger partial charge on any atom is 0.430 e. The van der Waals surface area contributed by atoms with Crippen molar-refractivity contribution in [3.8, 4) is 11.8 Å². The van der Waals surface area contributed by atoms with Crippen molar-refractivity contribution in [2.75, 3.05) is 14.1 Å². The van der Waals surface area contributed by atoms with Gasteiger partial charge in [-0.1, -0.05) is 23.2 Å². The third-order valence-electron chi connectivity index (χ3n) is 4.12. The van der Waals surface area contributed by atoms with Crippen LogP contribution in [0.2, 0.25) is 10.0 Å². The Kier molecular flexibility index (Phi) is 7.15. The van der Waals surface area contributed by atoms with Crippen molar-refractivity contribution < 1.29 is 44.6 Å². The van der Waals surface area contributed by atoms with Gasteiger partial charge in [-0.3, -0.25) is 0 Å². The van der Waals surface area contributed by atoms with Crippen LogP contribution in [0, 0.1) is 11.3 Å². The Balaban J connectivity index is 3.08. The highest BCUT2D eigenvalue weighted by Gasteiger charge is 2.73. The third-order valence-corrected chi connectivity index (χ3v) is 4.69. The molecule has 6 nitrogen and oxygen atoms in total. The van der Waals surface area contributed by atoms with Gasteiger partial charge in [0.1, 0.15) is 11.8 Å². The van der Waals surface area contributed by atoms with E-state index in [0.717, 1.165) is 11.0 Å². The van der Waals surface area contributed by atoms with Crippen molar-refractivity contribution in [3.63, 3.8) is 0 Å². The number of rotatable bonds is 4. The smallest absolute Gasteiger partial charge is 0.369 e.